The van der Waals surface area contributed by atoms with Crippen LogP contribution in [0.5, 0.6) is 0 Å². The molecule has 0 unspecified atom stereocenters. The Balaban J connectivity index is 1.77. The van der Waals surface area contributed by atoms with Crippen molar-refractivity contribution in [3.8, 4) is 0 Å². The number of imidazole rings is 1. The minimum absolute atomic E-state index is 0.197. The van der Waals surface area contributed by atoms with E-state index < -0.39 is 0 Å². The van der Waals surface area contributed by atoms with E-state index in [9.17, 15) is 9.59 Å². The highest BCUT2D eigenvalue weighted by Crippen LogP contribution is 2.21. The number of benzene rings is 2. The maximum atomic E-state index is 12.4. The molecule has 2 aromatic carbocycles. The zero-order chi connectivity index (χ0) is 18.7. The third-order valence-corrected chi connectivity index (χ3v) is 4.11. The van der Waals surface area contributed by atoms with Crippen LogP contribution in [0.25, 0.3) is 0 Å². The molecule has 26 heavy (non-hydrogen) atoms. The van der Waals surface area contributed by atoms with Crippen LogP contribution in [-0.2, 0) is 7.05 Å². The van der Waals surface area contributed by atoms with Crippen molar-refractivity contribution < 1.29 is 9.59 Å². The van der Waals surface area contributed by atoms with Gasteiger partial charge in [-0.2, -0.15) is 0 Å². The van der Waals surface area contributed by atoms with Crippen LogP contribution in [0.2, 0.25) is 0 Å². The fourth-order valence-corrected chi connectivity index (χ4v) is 2.50. The third-order valence-electron chi connectivity index (χ3n) is 4.11. The van der Waals surface area contributed by atoms with Crippen molar-refractivity contribution in [3.05, 3.63) is 77.4 Å². The van der Waals surface area contributed by atoms with Crippen LogP contribution in [-0.4, -0.2) is 21.4 Å². The number of aryl methyl sites for hydroxylation is 3. The van der Waals surface area contributed by atoms with Crippen LogP contribution in [0.15, 0.2) is 55.0 Å². The summed E-state index contributed by atoms with van der Waals surface area (Å²) in [6, 6.07) is 12.8. The molecule has 3 rings (SSSR count). The second-order valence-electron chi connectivity index (χ2n) is 6.19. The summed E-state index contributed by atoms with van der Waals surface area (Å²) < 4.78 is 1.65. The highest BCUT2D eigenvalue weighted by molar-refractivity contribution is 6.06. The maximum absolute atomic E-state index is 12.4. The van der Waals surface area contributed by atoms with Gasteiger partial charge in [0.2, 0.25) is 0 Å². The number of nitrogens with one attached hydrogen (secondary N) is 2. The van der Waals surface area contributed by atoms with Crippen LogP contribution in [0.1, 0.15) is 32.0 Å². The van der Waals surface area contributed by atoms with E-state index in [1.54, 1.807) is 42.2 Å². The van der Waals surface area contributed by atoms with E-state index in [0.717, 1.165) is 11.1 Å². The Kier molecular flexibility index (Phi) is 4.84. The van der Waals surface area contributed by atoms with E-state index in [4.69, 9.17) is 0 Å². The lowest BCUT2D eigenvalue weighted by Crippen LogP contribution is -2.17. The topological polar surface area (TPSA) is 76.0 Å². The number of hydrogen-bond donors (Lipinski definition) is 2. The summed E-state index contributed by atoms with van der Waals surface area (Å²) in [7, 11) is 1.76. The second-order valence-corrected chi connectivity index (χ2v) is 6.19. The quantitative estimate of drug-likeness (QED) is 0.757. The summed E-state index contributed by atoms with van der Waals surface area (Å²) >= 11 is 0. The lowest BCUT2D eigenvalue weighted by atomic mass is 10.1. The Morgan fingerprint density at radius 2 is 1.69 bits per heavy atom. The first-order valence-electron chi connectivity index (χ1n) is 8.20. The number of amides is 2. The molecule has 1 heterocycles. The maximum Gasteiger partial charge on any atom is 0.273 e. The average molecular weight is 348 g/mol. The van der Waals surface area contributed by atoms with Gasteiger partial charge in [0.1, 0.15) is 5.69 Å². The Morgan fingerprint density at radius 1 is 0.962 bits per heavy atom. The predicted octanol–water partition coefficient (Wildman–Crippen LogP) is 3.54. The summed E-state index contributed by atoms with van der Waals surface area (Å²) in [4.78, 5) is 28.7. The number of hydrogen-bond acceptors (Lipinski definition) is 3. The van der Waals surface area contributed by atoms with Gasteiger partial charge in [-0.15, -0.1) is 0 Å². The van der Waals surface area contributed by atoms with Crippen molar-refractivity contribution in [1.29, 1.82) is 0 Å². The summed E-state index contributed by atoms with van der Waals surface area (Å²) in [5.74, 6) is -0.451. The first kappa shape index (κ1) is 17.4. The van der Waals surface area contributed by atoms with Gasteiger partial charge in [-0.05, 0) is 43.7 Å². The number of nitrogens with zero attached hydrogens (tertiary/aromatic N) is 2. The zero-order valence-electron chi connectivity index (χ0n) is 14.9. The molecule has 3 aromatic rings. The molecule has 0 aliphatic carbocycles. The lowest BCUT2D eigenvalue weighted by molar-refractivity contribution is 0.101. The fraction of sp³-hybridized carbons (Fsp3) is 0.150. The van der Waals surface area contributed by atoms with Crippen molar-refractivity contribution in [2.45, 2.75) is 13.8 Å². The molecule has 0 saturated heterocycles. The van der Waals surface area contributed by atoms with Gasteiger partial charge in [-0.3, -0.25) is 9.59 Å². The van der Waals surface area contributed by atoms with E-state index in [1.807, 2.05) is 32.0 Å². The zero-order valence-corrected chi connectivity index (χ0v) is 14.9. The van der Waals surface area contributed by atoms with Crippen LogP contribution < -0.4 is 10.6 Å². The number of carbonyl (C=O) groups excluding carboxylic acids is 2. The molecule has 2 N–H and O–H groups in total. The number of anilines is 2. The van der Waals surface area contributed by atoms with Gasteiger partial charge in [0.05, 0.1) is 12.5 Å². The van der Waals surface area contributed by atoms with Crippen molar-refractivity contribution in [1.82, 2.24) is 9.55 Å². The van der Waals surface area contributed by atoms with Crippen LogP contribution in [0.4, 0.5) is 11.4 Å². The Hall–Kier alpha value is -3.41. The van der Waals surface area contributed by atoms with Gasteiger partial charge in [0.25, 0.3) is 11.8 Å². The first-order chi connectivity index (χ1) is 12.4. The molecule has 6 heteroatoms. The van der Waals surface area contributed by atoms with Crippen molar-refractivity contribution >= 4 is 23.2 Å². The molecule has 132 valence electrons. The molecule has 0 bridgehead atoms. The van der Waals surface area contributed by atoms with Crippen LogP contribution in [0.3, 0.4) is 0 Å². The largest absolute Gasteiger partial charge is 0.330 e. The van der Waals surface area contributed by atoms with Gasteiger partial charge < -0.3 is 15.2 Å². The van der Waals surface area contributed by atoms with Crippen molar-refractivity contribution in [3.63, 3.8) is 0 Å². The summed E-state index contributed by atoms with van der Waals surface area (Å²) in [5, 5.41) is 5.72. The fourth-order valence-electron chi connectivity index (χ4n) is 2.50. The molecule has 0 radical (unpaired) electrons. The van der Waals surface area contributed by atoms with E-state index in [0.29, 0.717) is 22.6 Å². The molecule has 0 aliphatic rings. The van der Waals surface area contributed by atoms with Gasteiger partial charge in [0, 0.05) is 24.0 Å². The Morgan fingerprint density at radius 3 is 2.35 bits per heavy atom. The normalized spacial score (nSPS) is 10.4. The molecule has 2 amide bonds. The Labute approximate surface area is 151 Å². The average Bonchev–Trinajstić information content (AvgIpc) is 3.04. The summed E-state index contributed by atoms with van der Waals surface area (Å²) in [5.41, 5.74) is 4.28. The number of carbonyl (C=O) groups is 2. The van der Waals surface area contributed by atoms with Crippen molar-refractivity contribution in [2.24, 2.45) is 7.05 Å². The highest BCUT2D eigenvalue weighted by atomic mass is 16.2. The van der Waals surface area contributed by atoms with Crippen molar-refractivity contribution in [2.75, 3.05) is 10.6 Å². The lowest BCUT2D eigenvalue weighted by Gasteiger charge is -2.12. The highest BCUT2D eigenvalue weighted by Gasteiger charge is 2.12. The smallest absolute Gasteiger partial charge is 0.273 e. The van der Waals surface area contributed by atoms with E-state index in [2.05, 4.69) is 15.6 Å². The van der Waals surface area contributed by atoms with Gasteiger partial charge in [0.15, 0.2) is 0 Å². The molecule has 0 spiro atoms. The summed E-state index contributed by atoms with van der Waals surface area (Å²) in [6.45, 7) is 3.86. The molecule has 0 fully saturated rings. The first-order valence-corrected chi connectivity index (χ1v) is 8.20. The van der Waals surface area contributed by atoms with Gasteiger partial charge >= 0.3 is 0 Å². The molecule has 0 saturated carbocycles. The van der Waals surface area contributed by atoms with Crippen LogP contribution in [0, 0.1) is 13.8 Å². The van der Waals surface area contributed by atoms with Gasteiger partial charge in [-0.25, -0.2) is 4.98 Å². The van der Waals surface area contributed by atoms with E-state index in [1.165, 1.54) is 6.20 Å². The third kappa shape index (κ3) is 3.80. The van der Waals surface area contributed by atoms with E-state index >= 15 is 0 Å². The minimum atomic E-state index is -0.255. The van der Waals surface area contributed by atoms with Gasteiger partial charge in [-0.1, -0.05) is 23.8 Å². The predicted molar refractivity (Wildman–Crippen MR) is 101 cm³/mol. The summed E-state index contributed by atoms with van der Waals surface area (Å²) in [6.07, 6.45) is 3.08. The molecular formula is C20H20N4O2. The minimum Gasteiger partial charge on any atom is -0.330 e. The van der Waals surface area contributed by atoms with E-state index in [-0.39, 0.29) is 11.8 Å². The monoisotopic (exact) mass is 348 g/mol. The molecule has 1 aromatic heterocycles. The number of rotatable bonds is 4. The molecule has 0 aliphatic heterocycles. The standard InChI is InChI=1S/C20H20N4O2/c1-13-4-7-15(8-5-13)19(25)22-16-9-6-14(2)17(10-16)23-20(26)18-11-21-12-24(18)3/h4-12H,1-3H3,(H,22,25)(H,23,26). The van der Waals surface area contributed by atoms with Crippen LogP contribution >= 0.6 is 0 Å². The number of aromatic nitrogens is 2. The second kappa shape index (κ2) is 7.23. The Bertz CT molecular complexity index is 958. The SMILES string of the molecule is Cc1ccc(C(=O)Nc2ccc(C)c(NC(=O)c3cncn3C)c2)cc1. The molecule has 6 nitrogen and oxygen atoms in total. The molecule has 0 atom stereocenters. The molecular weight excluding hydrogens is 328 g/mol.